The van der Waals surface area contributed by atoms with Gasteiger partial charge in [-0.15, -0.1) is 0 Å². The average Bonchev–Trinajstić information content (AvgIpc) is 3.21. The molecule has 0 radical (unpaired) electrons. The minimum atomic E-state index is -0.188. The van der Waals surface area contributed by atoms with E-state index in [2.05, 4.69) is 20.9 Å². The smallest absolute Gasteiger partial charge is 0.237 e. The van der Waals surface area contributed by atoms with E-state index in [9.17, 15) is 10.1 Å². The van der Waals surface area contributed by atoms with E-state index in [1.165, 1.54) is 0 Å². The van der Waals surface area contributed by atoms with Gasteiger partial charge in [0.15, 0.2) is 0 Å². The van der Waals surface area contributed by atoms with Crippen molar-refractivity contribution < 1.29 is 4.79 Å². The van der Waals surface area contributed by atoms with Crippen LogP contribution in [-0.4, -0.2) is 45.9 Å². The molecule has 1 N–H and O–H groups in total. The standard InChI is InChI=1S/C17H16N6O/c18-5-1-14(24)23-8-4-17(23)3-7-22(11-17)15-12(9-19)10-21-16-13(15)2-6-20-16/h2,6,10H,1,3-4,7-8,11H2,(H,20,21). The number of fused-ring (bicyclic) bond motifs is 1. The first-order valence-corrected chi connectivity index (χ1v) is 7.97. The second-order valence-electron chi connectivity index (χ2n) is 6.40. The molecule has 7 nitrogen and oxygen atoms in total. The molecule has 2 aromatic rings. The molecule has 1 spiro atoms. The van der Waals surface area contributed by atoms with Gasteiger partial charge in [-0.05, 0) is 18.9 Å². The first-order chi connectivity index (χ1) is 11.7. The fourth-order valence-electron chi connectivity index (χ4n) is 3.98. The van der Waals surface area contributed by atoms with Gasteiger partial charge in [0, 0.05) is 37.4 Å². The first kappa shape index (κ1) is 14.5. The van der Waals surface area contributed by atoms with Gasteiger partial charge in [0.25, 0.3) is 0 Å². The second kappa shape index (κ2) is 5.24. The van der Waals surface area contributed by atoms with Crippen LogP contribution >= 0.6 is 0 Å². The van der Waals surface area contributed by atoms with Gasteiger partial charge in [0.05, 0.1) is 22.9 Å². The highest BCUT2D eigenvalue weighted by Crippen LogP contribution is 2.42. The lowest BCUT2D eigenvalue weighted by Crippen LogP contribution is -2.63. The summed E-state index contributed by atoms with van der Waals surface area (Å²) in [4.78, 5) is 23.5. The minimum Gasteiger partial charge on any atom is -0.367 e. The predicted octanol–water partition coefficient (Wildman–Crippen LogP) is 1.53. The molecule has 0 bridgehead atoms. The predicted molar refractivity (Wildman–Crippen MR) is 86.9 cm³/mol. The van der Waals surface area contributed by atoms with Crippen LogP contribution in [-0.2, 0) is 4.79 Å². The molecule has 0 saturated carbocycles. The number of nitriles is 2. The molecule has 2 aromatic heterocycles. The van der Waals surface area contributed by atoms with Crippen LogP contribution in [0.3, 0.4) is 0 Å². The summed E-state index contributed by atoms with van der Waals surface area (Å²) in [5.41, 5.74) is 2.01. The summed E-state index contributed by atoms with van der Waals surface area (Å²) in [5.74, 6) is -0.0902. The zero-order valence-corrected chi connectivity index (χ0v) is 13.1. The summed E-state index contributed by atoms with van der Waals surface area (Å²) in [7, 11) is 0. The van der Waals surface area contributed by atoms with Gasteiger partial charge in [-0.25, -0.2) is 4.98 Å². The molecule has 1 amide bonds. The van der Waals surface area contributed by atoms with Crippen molar-refractivity contribution in [2.24, 2.45) is 0 Å². The van der Waals surface area contributed by atoms with Crippen molar-refractivity contribution in [3.63, 3.8) is 0 Å². The van der Waals surface area contributed by atoms with E-state index < -0.39 is 0 Å². The Morgan fingerprint density at radius 3 is 2.92 bits per heavy atom. The Morgan fingerprint density at radius 1 is 1.38 bits per heavy atom. The largest absolute Gasteiger partial charge is 0.367 e. The van der Waals surface area contributed by atoms with E-state index >= 15 is 0 Å². The number of anilines is 1. The van der Waals surface area contributed by atoms with Crippen molar-refractivity contribution in [3.05, 3.63) is 24.0 Å². The number of H-pyrrole nitrogens is 1. The Labute approximate surface area is 139 Å². The van der Waals surface area contributed by atoms with Crippen molar-refractivity contribution in [2.75, 3.05) is 24.5 Å². The summed E-state index contributed by atoms with van der Waals surface area (Å²) in [6.45, 7) is 2.20. The maximum Gasteiger partial charge on any atom is 0.237 e. The highest BCUT2D eigenvalue weighted by Gasteiger charge is 2.51. The van der Waals surface area contributed by atoms with Crippen LogP contribution < -0.4 is 4.90 Å². The quantitative estimate of drug-likeness (QED) is 0.904. The number of amides is 1. The molecular formula is C17H16N6O. The van der Waals surface area contributed by atoms with E-state index in [0.29, 0.717) is 12.1 Å². The van der Waals surface area contributed by atoms with Crippen LogP contribution in [0, 0.1) is 22.7 Å². The van der Waals surface area contributed by atoms with Crippen molar-refractivity contribution in [2.45, 2.75) is 24.8 Å². The number of carbonyl (C=O) groups is 1. The average molecular weight is 320 g/mol. The van der Waals surface area contributed by atoms with Gasteiger partial charge >= 0.3 is 0 Å². The van der Waals surface area contributed by atoms with Gasteiger partial charge in [-0.3, -0.25) is 4.79 Å². The van der Waals surface area contributed by atoms with Gasteiger partial charge in [0.1, 0.15) is 18.1 Å². The molecule has 4 rings (SSSR count). The van der Waals surface area contributed by atoms with Crippen LogP contribution in [0.2, 0.25) is 0 Å². The molecule has 2 saturated heterocycles. The maximum atomic E-state index is 12.1. The number of aromatic nitrogens is 2. The molecular weight excluding hydrogens is 304 g/mol. The molecule has 24 heavy (non-hydrogen) atoms. The molecule has 2 aliphatic heterocycles. The number of rotatable bonds is 2. The third-order valence-corrected chi connectivity index (χ3v) is 5.23. The van der Waals surface area contributed by atoms with Crippen LogP contribution in [0.5, 0.6) is 0 Å². The molecule has 0 aliphatic carbocycles. The van der Waals surface area contributed by atoms with Crippen LogP contribution in [0.4, 0.5) is 5.69 Å². The molecule has 1 unspecified atom stereocenters. The number of carbonyl (C=O) groups excluding carboxylic acids is 1. The van der Waals surface area contributed by atoms with Crippen molar-refractivity contribution in [1.82, 2.24) is 14.9 Å². The third kappa shape index (κ3) is 1.95. The molecule has 0 aromatic carbocycles. The molecule has 2 aliphatic rings. The van der Waals surface area contributed by atoms with Crippen molar-refractivity contribution in [1.29, 1.82) is 10.5 Å². The Balaban J connectivity index is 1.67. The number of aromatic amines is 1. The zero-order valence-electron chi connectivity index (χ0n) is 13.1. The summed E-state index contributed by atoms with van der Waals surface area (Å²) in [5, 5.41) is 19.2. The summed E-state index contributed by atoms with van der Waals surface area (Å²) in [6, 6.07) is 6.11. The minimum absolute atomic E-state index is 0.0670. The number of hydrogen-bond donors (Lipinski definition) is 1. The number of pyridine rings is 1. The SMILES string of the molecule is N#CCC(=O)N1CCC12CCN(c1c(C#N)cnc3[nH]ccc13)C2. The fourth-order valence-corrected chi connectivity index (χ4v) is 3.98. The zero-order chi connectivity index (χ0) is 16.7. The van der Waals surface area contributed by atoms with E-state index in [0.717, 1.165) is 42.7 Å². The Kier molecular flexibility index (Phi) is 3.17. The summed E-state index contributed by atoms with van der Waals surface area (Å²) >= 11 is 0. The number of nitrogens with one attached hydrogen (secondary N) is 1. The number of likely N-dealkylation sites (tertiary alicyclic amines) is 1. The molecule has 1 atom stereocenters. The van der Waals surface area contributed by atoms with Gasteiger partial charge < -0.3 is 14.8 Å². The van der Waals surface area contributed by atoms with E-state index in [1.807, 2.05) is 23.2 Å². The van der Waals surface area contributed by atoms with Gasteiger partial charge in [0.2, 0.25) is 5.91 Å². The van der Waals surface area contributed by atoms with Crippen molar-refractivity contribution in [3.8, 4) is 12.1 Å². The normalized spacial score (nSPS) is 22.4. The summed E-state index contributed by atoms with van der Waals surface area (Å²) < 4.78 is 0. The van der Waals surface area contributed by atoms with E-state index in [4.69, 9.17) is 5.26 Å². The van der Waals surface area contributed by atoms with Crippen LogP contribution in [0.15, 0.2) is 18.5 Å². The highest BCUT2D eigenvalue weighted by atomic mass is 16.2. The molecule has 120 valence electrons. The monoisotopic (exact) mass is 320 g/mol. The molecule has 4 heterocycles. The van der Waals surface area contributed by atoms with Gasteiger partial charge in [-0.2, -0.15) is 10.5 Å². The fraction of sp³-hybridized carbons (Fsp3) is 0.412. The lowest BCUT2D eigenvalue weighted by Gasteiger charge is -2.50. The van der Waals surface area contributed by atoms with E-state index in [-0.39, 0.29) is 17.9 Å². The maximum absolute atomic E-state index is 12.1. The first-order valence-electron chi connectivity index (χ1n) is 7.97. The van der Waals surface area contributed by atoms with Gasteiger partial charge in [-0.1, -0.05) is 0 Å². The lowest BCUT2D eigenvalue weighted by molar-refractivity contribution is -0.144. The van der Waals surface area contributed by atoms with Crippen LogP contribution in [0.25, 0.3) is 11.0 Å². The lowest BCUT2D eigenvalue weighted by atomic mass is 9.83. The second-order valence-corrected chi connectivity index (χ2v) is 6.40. The molecule has 2 fully saturated rings. The van der Waals surface area contributed by atoms with Crippen molar-refractivity contribution >= 4 is 22.6 Å². The Morgan fingerprint density at radius 2 is 2.21 bits per heavy atom. The Bertz CT molecular complexity index is 904. The Hall–Kier alpha value is -3.06. The van der Waals surface area contributed by atoms with Crippen LogP contribution in [0.1, 0.15) is 24.8 Å². The third-order valence-electron chi connectivity index (χ3n) is 5.23. The summed E-state index contributed by atoms with van der Waals surface area (Å²) in [6.07, 6.45) is 5.16. The number of hydrogen-bond acceptors (Lipinski definition) is 5. The highest BCUT2D eigenvalue weighted by molar-refractivity contribution is 5.93. The van der Waals surface area contributed by atoms with E-state index in [1.54, 1.807) is 6.20 Å². The topological polar surface area (TPSA) is 99.8 Å². The molecule has 7 heteroatoms. The number of nitrogens with zero attached hydrogens (tertiary/aromatic N) is 5.